The van der Waals surface area contributed by atoms with E-state index in [4.69, 9.17) is 13.3 Å². The molecule has 0 spiro atoms. The van der Waals surface area contributed by atoms with Crippen molar-refractivity contribution in [2.24, 2.45) is 0 Å². The zero-order valence-electron chi connectivity index (χ0n) is 11.1. The van der Waals surface area contributed by atoms with E-state index in [9.17, 15) is 5.11 Å². The quantitative estimate of drug-likeness (QED) is 0.734. The highest BCUT2D eigenvalue weighted by atomic mass is 31.2. The molecule has 0 saturated heterocycles. The molecule has 3 rings (SSSR count). The van der Waals surface area contributed by atoms with Gasteiger partial charge in [-0.1, -0.05) is 6.92 Å². The average Bonchev–Trinajstić information content (AvgIpc) is 3.23. The van der Waals surface area contributed by atoms with E-state index in [1.54, 1.807) is 18.8 Å². The zero-order chi connectivity index (χ0) is 14.0. The van der Waals surface area contributed by atoms with E-state index < -0.39 is 13.1 Å². The van der Waals surface area contributed by atoms with Crippen molar-refractivity contribution in [1.82, 2.24) is 0 Å². The van der Waals surface area contributed by atoms with Crippen LogP contribution < -0.4 is 16.5 Å². The molecule has 5 heteroatoms. The predicted molar refractivity (Wildman–Crippen MR) is 78.2 cm³/mol. The second-order valence-corrected chi connectivity index (χ2v) is 7.83. The number of furan rings is 3. The van der Waals surface area contributed by atoms with Crippen LogP contribution in [0.25, 0.3) is 0 Å². The molecule has 20 heavy (non-hydrogen) atoms. The fourth-order valence-electron chi connectivity index (χ4n) is 2.45. The molecule has 0 aromatic carbocycles. The van der Waals surface area contributed by atoms with E-state index in [1.807, 2.05) is 43.3 Å². The van der Waals surface area contributed by atoms with E-state index in [-0.39, 0.29) is 0 Å². The summed E-state index contributed by atoms with van der Waals surface area (Å²) in [7, 11) is -2.45. The third kappa shape index (κ3) is 1.84. The van der Waals surface area contributed by atoms with Gasteiger partial charge in [0.1, 0.15) is 0 Å². The lowest BCUT2D eigenvalue weighted by atomic mass is 10.5. The van der Waals surface area contributed by atoms with E-state index in [1.165, 1.54) is 0 Å². The number of aliphatic hydroxyl groups excluding tert-OH is 1. The monoisotopic (exact) mass is 291 g/mol. The summed E-state index contributed by atoms with van der Waals surface area (Å²) in [4.78, 5) is 0. The summed E-state index contributed by atoms with van der Waals surface area (Å²) in [6.07, 6.45) is 5.41. The Balaban J connectivity index is 2.30. The third-order valence-electron chi connectivity index (χ3n) is 3.37. The molecule has 0 aliphatic carbocycles. The summed E-state index contributed by atoms with van der Waals surface area (Å²) in [5.74, 6) is -0.619. The van der Waals surface area contributed by atoms with E-state index in [0.717, 1.165) is 0 Å². The fraction of sp³-hybridized carbons (Fsp3) is 0.200. The van der Waals surface area contributed by atoms with Crippen LogP contribution in [0.3, 0.4) is 0 Å². The Morgan fingerprint density at radius 2 is 1.30 bits per heavy atom. The molecule has 3 aromatic heterocycles. The lowest BCUT2D eigenvalue weighted by Crippen LogP contribution is -2.37. The van der Waals surface area contributed by atoms with Gasteiger partial charge in [0.05, 0.1) is 18.8 Å². The SMILES string of the molecule is CCC(O)[P+](c1ccco1)(c1ccco1)c1ccco1. The first-order valence-corrected chi connectivity index (χ1v) is 8.35. The summed E-state index contributed by atoms with van der Waals surface area (Å²) in [5.41, 5.74) is 2.12. The molecule has 104 valence electrons. The summed E-state index contributed by atoms with van der Waals surface area (Å²) >= 11 is 0. The number of hydrogen-bond acceptors (Lipinski definition) is 4. The van der Waals surface area contributed by atoms with E-state index in [2.05, 4.69) is 0 Å². The van der Waals surface area contributed by atoms with Gasteiger partial charge in [0.25, 0.3) is 23.8 Å². The van der Waals surface area contributed by atoms with Crippen molar-refractivity contribution in [1.29, 1.82) is 0 Å². The molecule has 1 N–H and O–H groups in total. The maximum absolute atomic E-state index is 10.8. The molecule has 3 aromatic rings. The number of rotatable bonds is 5. The molecule has 4 nitrogen and oxygen atoms in total. The van der Waals surface area contributed by atoms with Crippen molar-refractivity contribution in [2.75, 3.05) is 0 Å². The molecule has 0 aliphatic heterocycles. The molecule has 0 bridgehead atoms. The molecule has 1 atom stereocenters. The predicted octanol–water partition coefficient (Wildman–Crippen LogP) is 2.49. The van der Waals surface area contributed by atoms with Gasteiger partial charge in [-0.05, 0) is 18.2 Å². The number of aliphatic hydroxyl groups is 1. The van der Waals surface area contributed by atoms with Gasteiger partial charge in [-0.15, -0.1) is 0 Å². The topological polar surface area (TPSA) is 59.7 Å². The highest BCUT2D eigenvalue weighted by Gasteiger charge is 2.59. The molecule has 0 fully saturated rings. The van der Waals surface area contributed by atoms with Gasteiger partial charge in [-0.3, -0.25) is 0 Å². The highest BCUT2D eigenvalue weighted by Crippen LogP contribution is 2.59. The van der Waals surface area contributed by atoms with Crippen LogP contribution in [-0.4, -0.2) is 11.0 Å². The molecule has 0 aliphatic rings. The Morgan fingerprint density at radius 3 is 1.55 bits per heavy atom. The van der Waals surface area contributed by atoms with Gasteiger partial charge in [-0.25, -0.2) is 0 Å². The molecule has 3 heterocycles. The highest BCUT2D eigenvalue weighted by molar-refractivity contribution is 7.95. The smallest absolute Gasteiger partial charge is 0.265 e. The van der Waals surface area contributed by atoms with Crippen molar-refractivity contribution < 1.29 is 18.4 Å². The lowest BCUT2D eigenvalue weighted by molar-refractivity contribution is 0.251. The Labute approximate surface area is 117 Å². The third-order valence-corrected chi connectivity index (χ3v) is 7.48. The largest absolute Gasteiger partial charge is 0.434 e. The molecular weight excluding hydrogens is 275 g/mol. The molecular formula is C15H16O4P+. The molecule has 0 amide bonds. The maximum Gasteiger partial charge on any atom is 0.265 e. The molecule has 1 unspecified atom stereocenters. The first-order chi connectivity index (χ1) is 9.80. The van der Waals surface area contributed by atoms with E-state index in [0.29, 0.717) is 22.9 Å². The van der Waals surface area contributed by atoms with Crippen molar-refractivity contribution in [3.8, 4) is 0 Å². The Bertz CT molecular complexity index is 541. The van der Waals surface area contributed by atoms with Crippen LogP contribution in [-0.2, 0) is 0 Å². The van der Waals surface area contributed by atoms with Crippen molar-refractivity contribution in [3.05, 3.63) is 55.2 Å². The second-order valence-electron chi connectivity index (χ2n) is 4.47. The minimum Gasteiger partial charge on any atom is -0.434 e. The molecule has 0 saturated carbocycles. The second kappa shape index (κ2) is 5.31. The van der Waals surface area contributed by atoms with Gasteiger partial charge in [0, 0.05) is 24.6 Å². The van der Waals surface area contributed by atoms with Gasteiger partial charge < -0.3 is 18.4 Å². The first kappa shape index (κ1) is 13.2. The summed E-state index contributed by atoms with van der Waals surface area (Å²) in [5, 5.41) is 10.8. The normalized spacial score (nSPS) is 13.5. The minimum atomic E-state index is -2.45. The average molecular weight is 291 g/mol. The number of hydrogen-bond donors (Lipinski definition) is 1. The van der Waals surface area contributed by atoms with Crippen molar-refractivity contribution in [3.63, 3.8) is 0 Å². The van der Waals surface area contributed by atoms with Crippen LogP contribution >= 0.6 is 7.26 Å². The maximum atomic E-state index is 10.8. The Morgan fingerprint density at radius 1 is 0.900 bits per heavy atom. The molecule has 0 radical (unpaired) electrons. The Kier molecular flexibility index (Phi) is 3.51. The van der Waals surface area contributed by atoms with Gasteiger partial charge in [-0.2, -0.15) is 0 Å². The van der Waals surface area contributed by atoms with E-state index >= 15 is 0 Å². The van der Waals surface area contributed by atoms with Gasteiger partial charge in [0.15, 0.2) is 5.85 Å². The van der Waals surface area contributed by atoms with Crippen LogP contribution in [0.4, 0.5) is 0 Å². The zero-order valence-corrected chi connectivity index (χ0v) is 12.0. The van der Waals surface area contributed by atoms with Crippen LogP contribution in [0.1, 0.15) is 13.3 Å². The standard InChI is InChI=1S/C15H16O4P/c1-2-12(16)20(13-6-3-9-17-13,14-7-4-10-18-14)15-8-5-11-19-15/h3-12,16H,2H2,1H3/q+1. The van der Waals surface area contributed by atoms with Crippen LogP contribution in [0, 0.1) is 0 Å². The van der Waals surface area contributed by atoms with Crippen molar-refractivity contribution in [2.45, 2.75) is 19.2 Å². The van der Waals surface area contributed by atoms with Gasteiger partial charge >= 0.3 is 0 Å². The lowest BCUT2D eigenvalue weighted by Gasteiger charge is -2.23. The fourth-order valence-corrected chi connectivity index (χ4v) is 6.18. The summed E-state index contributed by atoms with van der Waals surface area (Å²) in [6, 6.07) is 11.1. The van der Waals surface area contributed by atoms with Crippen LogP contribution in [0.5, 0.6) is 0 Å². The first-order valence-electron chi connectivity index (χ1n) is 6.49. The summed E-state index contributed by atoms with van der Waals surface area (Å²) in [6.45, 7) is 1.94. The van der Waals surface area contributed by atoms with Crippen LogP contribution in [0.2, 0.25) is 0 Å². The summed E-state index contributed by atoms with van der Waals surface area (Å²) < 4.78 is 16.9. The van der Waals surface area contributed by atoms with Crippen molar-refractivity contribution >= 4 is 23.8 Å². The minimum absolute atomic E-state index is 0.579. The Hall–Kier alpha value is -1.77. The van der Waals surface area contributed by atoms with Gasteiger partial charge in [0.2, 0.25) is 0 Å². The van der Waals surface area contributed by atoms with Crippen LogP contribution in [0.15, 0.2) is 68.4 Å².